The van der Waals surface area contributed by atoms with Crippen molar-refractivity contribution in [2.75, 3.05) is 0 Å². The number of unbranched alkanes of at least 4 members (excludes halogenated alkanes) is 2. The predicted octanol–water partition coefficient (Wildman–Crippen LogP) is 3.15. The number of hydrazine groups is 1. The van der Waals surface area contributed by atoms with Gasteiger partial charge in [0.2, 0.25) is 0 Å². The highest BCUT2D eigenvalue weighted by Crippen LogP contribution is 2.20. The van der Waals surface area contributed by atoms with Gasteiger partial charge >= 0.3 is 0 Å². The second-order valence-electron chi connectivity index (χ2n) is 4.82. The van der Waals surface area contributed by atoms with Crippen molar-refractivity contribution in [2.45, 2.75) is 77.2 Å². The van der Waals surface area contributed by atoms with Gasteiger partial charge in [0.05, 0.1) is 6.04 Å². The van der Waals surface area contributed by atoms with Crippen molar-refractivity contribution in [1.82, 2.24) is 5.43 Å². The first kappa shape index (κ1) is 13.5. The number of nitrogens with two attached hydrogens (primary N) is 1. The maximum atomic E-state index is 5.53. The third-order valence-electron chi connectivity index (χ3n) is 3.35. The number of aliphatic imine (C=N–C) groups is 1. The van der Waals surface area contributed by atoms with Crippen LogP contribution in [-0.2, 0) is 0 Å². The fourth-order valence-corrected chi connectivity index (χ4v) is 2.32. The van der Waals surface area contributed by atoms with Gasteiger partial charge in [-0.25, -0.2) is 5.84 Å². The molecule has 0 aromatic heterocycles. The number of hydrogen-bond acceptors (Lipinski definition) is 2. The number of amidine groups is 1. The first-order valence-electron chi connectivity index (χ1n) is 6.90. The lowest BCUT2D eigenvalue weighted by atomic mass is 10.1. The molecule has 16 heavy (non-hydrogen) atoms. The first-order chi connectivity index (χ1) is 7.86. The van der Waals surface area contributed by atoms with Crippen LogP contribution in [-0.4, -0.2) is 11.9 Å². The Kier molecular flexibility index (Phi) is 7.23. The molecule has 0 atom stereocenters. The molecule has 1 rings (SSSR count). The molecule has 1 fully saturated rings. The van der Waals surface area contributed by atoms with E-state index in [1.807, 2.05) is 0 Å². The molecule has 0 heterocycles. The summed E-state index contributed by atoms with van der Waals surface area (Å²) >= 11 is 0. The van der Waals surface area contributed by atoms with E-state index < -0.39 is 0 Å². The van der Waals surface area contributed by atoms with Crippen molar-refractivity contribution in [3.63, 3.8) is 0 Å². The van der Waals surface area contributed by atoms with E-state index in [0.29, 0.717) is 6.04 Å². The van der Waals surface area contributed by atoms with Crippen molar-refractivity contribution in [3.05, 3.63) is 0 Å². The minimum Gasteiger partial charge on any atom is -0.312 e. The first-order valence-corrected chi connectivity index (χ1v) is 6.90. The Hall–Kier alpha value is -0.570. The summed E-state index contributed by atoms with van der Waals surface area (Å²) in [6.07, 6.45) is 12.7. The second kappa shape index (κ2) is 8.57. The smallest absolute Gasteiger partial charge is 0.111 e. The van der Waals surface area contributed by atoms with E-state index in [-0.39, 0.29) is 0 Å². The average molecular weight is 225 g/mol. The van der Waals surface area contributed by atoms with Crippen LogP contribution >= 0.6 is 0 Å². The minimum atomic E-state index is 0.523. The van der Waals surface area contributed by atoms with Gasteiger partial charge in [-0.05, 0) is 19.3 Å². The summed E-state index contributed by atoms with van der Waals surface area (Å²) in [4.78, 5) is 4.77. The molecule has 0 radical (unpaired) electrons. The topological polar surface area (TPSA) is 50.4 Å². The molecule has 0 aromatic rings. The molecule has 1 aliphatic carbocycles. The van der Waals surface area contributed by atoms with Crippen LogP contribution in [0.15, 0.2) is 4.99 Å². The van der Waals surface area contributed by atoms with Gasteiger partial charge in [-0.15, -0.1) is 0 Å². The maximum Gasteiger partial charge on any atom is 0.111 e. The molecule has 1 aliphatic rings. The molecule has 0 bridgehead atoms. The van der Waals surface area contributed by atoms with Crippen LogP contribution in [0.1, 0.15) is 71.1 Å². The summed E-state index contributed by atoms with van der Waals surface area (Å²) in [5, 5.41) is 0. The highest BCUT2D eigenvalue weighted by atomic mass is 15.3. The molecule has 0 aromatic carbocycles. The zero-order valence-corrected chi connectivity index (χ0v) is 10.7. The monoisotopic (exact) mass is 225 g/mol. The van der Waals surface area contributed by atoms with Crippen molar-refractivity contribution in [1.29, 1.82) is 0 Å². The Bertz CT molecular complexity index is 193. The van der Waals surface area contributed by atoms with Crippen molar-refractivity contribution in [3.8, 4) is 0 Å². The molecular formula is C13H27N3. The highest BCUT2D eigenvalue weighted by Gasteiger charge is 2.11. The molecular weight excluding hydrogens is 198 g/mol. The van der Waals surface area contributed by atoms with E-state index in [4.69, 9.17) is 10.8 Å². The van der Waals surface area contributed by atoms with Gasteiger partial charge in [-0.3, -0.25) is 4.99 Å². The van der Waals surface area contributed by atoms with E-state index in [9.17, 15) is 0 Å². The summed E-state index contributed by atoms with van der Waals surface area (Å²) in [7, 11) is 0. The Morgan fingerprint density at radius 3 is 2.44 bits per heavy atom. The molecule has 94 valence electrons. The molecule has 0 saturated heterocycles. The fraction of sp³-hybridized carbons (Fsp3) is 0.923. The lowest BCUT2D eigenvalue weighted by Crippen LogP contribution is -2.31. The standard InChI is InChI=1S/C13H27N3/c1-2-3-6-11-13(16-14)15-12-9-7-4-5-8-10-12/h12H,2-11,14H2,1H3,(H,15,16). The van der Waals surface area contributed by atoms with Gasteiger partial charge < -0.3 is 5.43 Å². The van der Waals surface area contributed by atoms with Crippen LogP contribution < -0.4 is 11.3 Å². The quantitative estimate of drug-likeness (QED) is 0.189. The molecule has 0 spiro atoms. The maximum absolute atomic E-state index is 5.53. The van der Waals surface area contributed by atoms with E-state index in [1.54, 1.807) is 0 Å². The van der Waals surface area contributed by atoms with Crippen LogP contribution in [0.2, 0.25) is 0 Å². The van der Waals surface area contributed by atoms with Crippen LogP contribution in [0.25, 0.3) is 0 Å². The lowest BCUT2D eigenvalue weighted by Gasteiger charge is -2.12. The van der Waals surface area contributed by atoms with E-state index >= 15 is 0 Å². The summed E-state index contributed by atoms with van der Waals surface area (Å²) in [5.74, 6) is 6.54. The highest BCUT2D eigenvalue weighted by molar-refractivity contribution is 5.81. The van der Waals surface area contributed by atoms with E-state index in [0.717, 1.165) is 12.3 Å². The van der Waals surface area contributed by atoms with Crippen molar-refractivity contribution >= 4 is 5.84 Å². The summed E-state index contributed by atoms with van der Waals surface area (Å²) in [6.45, 7) is 2.22. The molecule has 1 saturated carbocycles. The molecule has 3 heteroatoms. The van der Waals surface area contributed by atoms with Crippen molar-refractivity contribution < 1.29 is 0 Å². The molecule has 3 N–H and O–H groups in total. The van der Waals surface area contributed by atoms with Gasteiger partial charge in [-0.1, -0.05) is 45.4 Å². The molecule has 0 unspecified atom stereocenters. The number of nitrogens with one attached hydrogen (secondary N) is 1. The Morgan fingerprint density at radius 2 is 1.88 bits per heavy atom. The molecule has 3 nitrogen and oxygen atoms in total. The number of nitrogens with zero attached hydrogens (tertiary/aromatic N) is 1. The number of hydrogen-bond donors (Lipinski definition) is 2. The van der Waals surface area contributed by atoms with Crippen LogP contribution in [0.4, 0.5) is 0 Å². The van der Waals surface area contributed by atoms with Crippen LogP contribution in [0.3, 0.4) is 0 Å². The summed E-state index contributed by atoms with van der Waals surface area (Å²) in [5.41, 5.74) is 2.78. The van der Waals surface area contributed by atoms with Gasteiger partial charge in [0.1, 0.15) is 5.84 Å². The van der Waals surface area contributed by atoms with Gasteiger partial charge in [0.25, 0.3) is 0 Å². The van der Waals surface area contributed by atoms with Crippen molar-refractivity contribution in [2.24, 2.45) is 10.8 Å². The van der Waals surface area contributed by atoms with E-state index in [1.165, 1.54) is 57.8 Å². The minimum absolute atomic E-state index is 0.523. The summed E-state index contributed by atoms with van der Waals surface area (Å²) in [6, 6.07) is 0.523. The predicted molar refractivity (Wildman–Crippen MR) is 70.4 cm³/mol. The van der Waals surface area contributed by atoms with Gasteiger partial charge in [-0.2, -0.15) is 0 Å². The lowest BCUT2D eigenvalue weighted by molar-refractivity contribution is 0.579. The van der Waals surface area contributed by atoms with Gasteiger partial charge in [0, 0.05) is 6.42 Å². The zero-order chi connectivity index (χ0) is 11.6. The average Bonchev–Trinajstić information content (AvgIpc) is 2.56. The van der Waals surface area contributed by atoms with Gasteiger partial charge in [0.15, 0.2) is 0 Å². The van der Waals surface area contributed by atoms with E-state index in [2.05, 4.69) is 12.3 Å². The third-order valence-corrected chi connectivity index (χ3v) is 3.35. The zero-order valence-electron chi connectivity index (χ0n) is 10.7. The van der Waals surface area contributed by atoms with Crippen LogP contribution in [0.5, 0.6) is 0 Å². The van der Waals surface area contributed by atoms with Crippen LogP contribution in [0, 0.1) is 0 Å². The Labute approximate surface area is 99.9 Å². The second-order valence-corrected chi connectivity index (χ2v) is 4.82. The number of rotatable bonds is 5. The fourth-order valence-electron chi connectivity index (χ4n) is 2.32. The SMILES string of the molecule is CCCCCC(=NC1CCCCCC1)NN. The Morgan fingerprint density at radius 1 is 1.19 bits per heavy atom. The Balaban J connectivity index is 2.36. The third kappa shape index (κ3) is 5.50. The summed E-state index contributed by atoms with van der Waals surface area (Å²) < 4.78 is 0. The normalized spacial score (nSPS) is 19.5. The largest absolute Gasteiger partial charge is 0.312 e. The molecule has 0 amide bonds. The molecule has 0 aliphatic heterocycles.